The molecule has 4 nitrogen and oxygen atoms in total. The predicted octanol–water partition coefficient (Wildman–Crippen LogP) is 3.84. The van der Waals surface area contributed by atoms with Gasteiger partial charge in [-0.15, -0.1) is 0 Å². The molecule has 2 rings (SSSR count). The number of para-hydroxylation sites is 1. The predicted molar refractivity (Wildman–Crippen MR) is 88.9 cm³/mol. The van der Waals surface area contributed by atoms with E-state index in [0.29, 0.717) is 0 Å². The number of benzene rings is 1. The number of fused-ring (bicyclic) bond motifs is 1. The number of aliphatic hydroxyl groups is 1. The van der Waals surface area contributed by atoms with Crippen LogP contribution in [0, 0.1) is 5.92 Å². The Morgan fingerprint density at radius 3 is 2.82 bits per heavy atom. The lowest BCUT2D eigenvalue weighted by atomic mass is 9.89. The number of methoxy groups -OCH3 is 1. The van der Waals surface area contributed by atoms with Crippen LogP contribution in [0.15, 0.2) is 30.3 Å². The van der Waals surface area contributed by atoms with Gasteiger partial charge in [-0.2, -0.15) is 0 Å². The summed E-state index contributed by atoms with van der Waals surface area (Å²) in [6.07, 6.45) is 7.89. The Balaban J connectivity index is 2.27. The highest BCUT2D eigenvalue weighted by molar-refractivity contribution is 5.93. The van der Waals surface area contributed by atoms with Crippen molar-refractivity contribution >= 4 is 17.9 Å². The standard InChI is InChI=1S/C18H25NO3/c1-3-4-5-9-15(13-20)17-12-11-14-8-6-7-10-16(14)19(17)18(21)22-2/h6-8,10-12,15,17,20H,3-5,9,13H2,1-2H3/t15-,17+/m0/s1. The summed E-state index contributed by atoms with van der Waals surface area (Å²) in [5.41, 5.74) is 1.84. The zero-order valence-electron chi connectivity index (χ0n) is 13.4. The van der Waals surface area contributed by atoms with Crippen molar-refractivity contribution < 1.29 is 14.6 Å². The van der Waals surface area contributed by atoms with Crippen LogP contribution in [0.5, 0.6) is 0 Å². The van der Waals surface area contributed by atoms with Crippen molar-refractivity contribution in [3.8, 4) is 0 Å². The van der Waals surface area contributed by atoms with E-state index in [0.717, 1.165) is 36.9 Å². The van der Waals surface area contributed by atoms with Gasteiger partial charge in [-0.1, -0.05) is 56.5 Å². The van der Waals surface area contributed by atoms with Gasteiger partial charge in [0, 0.05) is 12.5 Å². The molecule has 2 atom stereocenters. The zero-order chi connectivity index (χ0) is 15.9. The van der Waals surface area contributed by atoms with Gasteiger partial charge in [0.1, 0.15) is 0 Å². The molecule has 0 aromatic heterocycles. The molecule has 1 amide bonds. The molecule has 1 aliphatic rings. The van der Waals surface area contributed by atoms with E-state index in [4.69, 9.17) is 4.74 Å². The van der Waals surface area contributed by atoms with Crippen LogP contribution in [0.1, 0.15) is 38.2 Å². The summed E-state index contributed by atoms with van der Waals surface area (Å²) in [5.74, 6) is 0.0234. The van der Waals surface area contributed by atoms with Crippen LogP contribution in [-0.4, -0.2) is 31.0 Å². The summed E-state index contributed by atoms with van der Waals surface area (Å²) in [5, 5.41) is 9.79. The largest absolute Gasteiger partial charge is 0.452 e. The lowest BCUT2D eigenvalue weighted by Gasteiger charge is -2.37. The highest BCUT2D eigenvalue weighted by Crippen LogP contribution is 2.33. The molecule has 1 aromatic carbocycles. The monoisotopic (exact) mass is 303 g/mol. The van der Waals surface area contributed by atoms with Gasteiger partial charge in [0.15, 0.2) is 0 Å². The van der Waals surface area contributed by atoms with Crippen LogP contribution >= 0.6 is 0 Å². The van der Waals surface area contributed by atoms with Crippen LogP contribution in [0.3, 0.4) is 0 Å². The minimum Gasteiger partial charge on any atom is -0.452 e. The van der Waals surface area contributed by atoms with Crippen LogP contribution in [-0.2, 0) is 4.74 Å². The number of nitrogens with zero attached hydrogens (tertiary/aromatic N) is 1. The average molecular weight is 303 g/mol. The Morgan fingerprint density at radius 1 is 1.36 bits per heavy atom. The number of amides is 1. The number of rotatable bonds is 6. The number of hydrogen-bond acceptors (Lipinski definition) is 3. The van der Waals surface area contributed by atoms with Gasteiger partial charge in [0.25, 0.3) is 0 Å². The Bertz CT molecular complexity index is 527. The number of ether oxygens (including phenoxy) is 1. The smallest absolute Gasteiger partial charge is 0.414 e. The normalized spacial score (nSPS) is 18.0. The summed E-state index contributed by atoms with van der Waals surface area (Å²) in [4.78, 5) is 13.9. The fourth-order valence-electron chi connectivity index (χ4n) is 3.01. The van der Waals surface area contributed by atoms with E-state index in [-0.39, 0.29) is 24.7 Å². The number of carbonyl (C=O) groups is 1. The fourth-order valence-corrected chi connectivity index (χ4v) is 3.01. The van der Waals surface area contributed by atoms with Crippen molar-refractivity contribution in [1.29, 1.82) is 0 Å². The van der Waals surface area contributed by atoms with Crippen molar-refractivity contribution in [3.63, 3.8) is 0 Å². The Hall–Kier alpha value is -1.81. The molecule has 0 unspecified atom stereocenters. The Morgan fingerprint density at radius 2 is 2.14 bits per heavy atom. The molecule has 1 aliphatic heterocycles. The second kappa shape index (κ2) is 7.99. The third-order valence-corrected chi connectivity index (χ3v) is 4.23. The zero-order valence-corrected chi connectivity index (χ0v) is 13.4. The van der Waals surface area contributed by atoms with Gasteiger partial charge in [-0.25, -0.2) is 4.79 Å². The van der Waals surface area contributed by atoms with E-state index in [1.54, 1.807) is 4.90 Å². The molecule has 1 aromatic rings. The van der Waals surface area contributed by atoms with Crippen molar-refractivity contribution in [2.75, 3.05) is 18.6 Å². The molecule has 4 heteroatoms. The highest BCUT2D eigenvalue weighted by Gasteiger charge is 2.33. The quantitative estimate of drug-likeness (QED) is 0.812. The molecule has 0 fully saturated rings. The maximum atomic E-state index is 12.3. The molecule has 1 heterocycles. The number of carbonyl (C=O) groups excluding carboxylic acids is 1. The molecule has 0 saturated heterocycles. The molecular formula is C18H25NO3. The summed E-state index contributed by atoms with van der Waals surface area (Å²) < 4.78 is 4.97. The minimum atomic E-state index is -0.379. The summed E-state index contributed by atoms with van der Waals surface area (Å²) in [6, 6.07) is 7.59. The topological polar surface area (TPSA) is 49.8 Å². The SMILES string of the molecule is CCCCC[C@@H](CO)[C@H]1C=Cc2ccccc2N1C(=O)OC. The number of hydrogen-bond donors (Lipinski definition) is 1. The number of unbranched alkanes of at least 4 members (excludes halogenated alkanes) is 2. The third-order valence-electron chi connectivity index (χ3n) is 4.23. The van der Waals surface area contributed by atoms with E-state index < -0.39 is 0 Å². The van der Waals surface area contributed by atoms with Crippen molar-refractivity contribution in [2.24, 2.45) is 5.92 Å². The first-order chi connectivity index (χ1) is 10.7. The van der Waals surface area contributed by atoms with Gasteiger partial charge >= 0.3 is 6.09 Å². The summed E-state index contributed by atoms with van der Waals surface area (Å²) in [6.45, 7) is 2.22. The van der Waals surface area contributed by atoms with Crippen LogP contribution in [0.25, 0.3) is 6.08 Å². The molecule has 0 radical (unpaired) electrons. The van der Waals surface area contributed by atoms with Crippen molar-refractivity contribution in [3.05, 3.63) is 35.9 Å². The third kappa shape index (κ3) is 3.50. The maximum absolute atomic E-state index is 12.3. The maximum Gasteiger partial charge on any atom is 0.414 e. The first-order valence-electron chi connectivity index (χ1n) is 7.98. The lowest BCUT2D eigenvalue weighted by Crippen LogP contribution is -2.46. The molecule has 120 valence electrons. The van der Waals surface area contributed by atoms with Gasteiger partial charge < -0.3 is 9.84 Å². The Labute approximate surface area is 132 Å². The molecule has 1 N–H and O–H groups in total. The van der Waals surface area contributed by atoms with E-state index in [1.165, 1.54) is 7.11 Å². The van der Waals surface area contributed by atoms with Crippen LogP contribution in [0.2, 0.25) is 0 Å². The second-order valence-corrected chi connectivity index (χ2v) is 5.69. The first-order valence-corrected chi connectivity index (χ1v) is 7.98. The molecule has 22 heavy (non-hydrogen) atoms. The minimum absolute atomic E-state index is 0.0234. The second-order valence-electron chi connectivity index (χ2n) is 5.69. The molecule has 0 spiro atoms. The van der Waals surface area contributed by atoms with Crippen LogP contribution in [0.4, 0.5) is 10.5 Å². The highest BCUT2D eigenvalue weighted by atomic mass is 16.5. The number of aliphatic hydroxyl groups excluding tert-OH is 1. The first kappa shape index (κ1) is 16.6. The summed E-state index contributed by atoms with van der Waals surface area (Å²) >= 11 is 0. The molecule has 0 bridgehead atoms. The van der Waals surface area contributed by atoms with Gasteiger partial charge in [0.2, 0.25) is 0 Å². The lowest BCUT2D eigenvalue weighted by molar-refractivity contribution is 0.165. The van der Waals surface area contributed by atoms with E-state index >= 15 is 0 Å². The fraction of sp³-hybridized carbons (Fsp3) is 0.500. The molecular weight excluding hydrogens is 278 g/mol. The Kier molecular flexibility index (Phi) is 6.01. The van der Waals surface area contributed by atoms with E-state index in [9.17, 15) is 9.90 Å². The van der Waals surface area contributed by atoms with Gasteiger partial charge in [-0.05, 0) is 18.1 Å². The number of anilines is 1. The average Bonchev–Trinajstić information content (AvgIpc) is 2.57. The summed E-state index contributed by atoms with van der Waals surface area (Å²) in [7, 11) is 1.39. The molecule has 0 saturated carbocycles. The van der Waals surface area contributed by atoms with Gasteiger partial charge in [0.05, 0.1) is 18.8 Å². The van der Waals surface area contributed by atoms with E-state index in [2.05, 4.69) is 6.92 Å². The van der Waals surface area contributed by atoms with Crippen molar-refractivity contribution in [2.45, 2.75) is 38.6 Å². The molecule has 0 aliphatic carbocycles. The van der Waals surface area contributed by atoms with Crippen LogP contribution < -0.4 is 4.90 Å². The van der Waals surface area contributed by atoms with Crippen molar-refractivity contribution in [1.82, 2.24) is 0 Å². The van der Waals surface area contributed by atoms with Gasteiger partial charge in [-0.3, -0.25) is 4.90 Å². The van der Waals surface area contributed by atoms with E-state index in [1.807, 2.05) is 36.4 Å².